The Labute approximate surface area is 116 Å². The van der Waals surface area contributed by atoms with Crippen molar-refractivity contribution in [3.05, 3.63) is 0 Å². The van der Waals surface area contributed by atoms with Crippen molar-refractivity contribution in [2.75, 3.05) is 26.2 Å². The van der Waals surface area contributed by atoms with Crippen LogP contribution in [0.5, 0.6) is 0 Å². The average Bonchev–Trinajstić information content (AvgIpc) is 2.88. The Morgan fingerprint density at radius 3 is 2.68 bits per heavy atom. The van der Waals surface area contributed by atoms with Crippen molar-refractivity contribution in [2.45, 2.75) is 51.5 Å². The lowest BCUT2D eigenvalue weighted by Gasteiger charge is -2.36. The molecular weight excluding hydrogens is 264 g/mol. The van der Waals surface area contributed by atoms with Gasteiger partial charge in [0.05, 0.1) is 6.61 Å². The quantitative estimate of drug-likeness (QED) is 0.827. The van der Waals surface area contributed by atoms with E-state index in [9.17, 15) is 13.5 Å². The summed E-state index contributed by atoms with van der Waals surface area (Å²) < 4.78 is 28.5. The lowest BCUT2D eigenvalue weighted by Crippen LogP contribution is -2.51. The third-order valence-electron chi connectivity index (χ3n) is 4.35. The van der Waals surface area contributed by atoms with E-state index in [1.54, 1.807) is 4.31 Å². The van der Waals surface area contributed by atoms with Crippen LogP contribution in [-0.2, 0) is 10.2 Å². The Hall–Kier alpha value is -0.170. The van der Waals surface area contributed by atoms with Gasteiger partial charge in [-0.25, -0.2) is 0 Å². The van der Waals surface area contributed by atoms with Gasteiger partial charge in [0.15, 0.2) is 0 Å². The van der Waals surface area contributed by atoms with Crippen molar-refractivity contribution >= 4 is 10.2 Å². The maximum Gasteiger partial charge on any atom is 0.282 e. The summed E-state index contributed by atoms with van der Waals surface area (Å²) in [6.45, 7) is 3.93. The van der Waals surface area contributed by atoms with E-state index in [-0.39, 0.29) is 12.6 Å². The minimum atomic E-state index is -3.37. The maximum atomic E-state index is 12.6. The molecule has 112 valence electrons. The molecule has 0 aromatic carbocycles. The van der Waals surface area contributed by atoms with Crippen molar-refractivity contribution in [3.8, 4) is 0 Å². The summed E-state index contributed by atoms with van der Waals surface area (Å²) in [4.78, 5) is 0. The molecule has 2 saturated heterocycles. The van der Waals surface area contributed by atoms with Crippen LogP contribution >= 0.6 is 0 Å². The van der Waals surface area contributed by atoms with E-state index in [2.05, 4.69) is 6.92 Å². The molecule has 0 amide bonds. The van der Waals surface area contributed by atoms with Crippen LogP contribution in [0.25, 0.3) is 0 Å². The fourth-order valence-corrected chi connectivity index (χ4v) is 5.20. The van der Waals surface area contributed by atoms with Crippen LogP contribution in [0.15, 0.2) is 0 Å². The molecule has 2 fully saturated rings. The molecule has 0 spiro atoms. The highest BCUT2D eigenvalue weighted by Crippen LogP contribution is 2.28. The zero-order valence-corrected chi connectivity index (χ0v) is 12.6. The summed E-state index contributed by atoms with van der Waals surface area (Å²) in [5.74, 6) is 0.511. The largest absolute Gasteiger partial charge is 0.395 e. The molecule has 0 saturated carbocycles. The van der Waals surface area contributed by atoms with Gasteiger partial charge in [0.2, 0.25) is 0 Å². The molecule has 2 aliphatic heterocycles. The third-order valence-corrected chi connectivity index (χ3v) is 6.41. The van der Waals surface area contributed by atoms with Crippen LogP contribution in [0.1, 0.15) is 45.4 Å². The molecule has 2 aliphatic rings. The first-order chi connectivity index (χ1) is 9.09. The SMILES string of the molecule is CCCC1CCN(S(=O)(=O)N2CCCCC2CO)C1. The zero-order valence-electron chi connectivity index (χ0n) is 11.8. The molecule has 5 nitrogen and oxygen atoms in total. The van der Waals surface area contributed by atoms with E-state index in [4.69, 9.17) is 0 Å². The van der Waals surface area contributed by atoms with Crippen LogP contribution in [-0.4, -0.2) is 54.4 Å². The minimum absolute atomic E-state index is 0.0640. The van der Waals surface area contributed by atoms with Crippen molar-refractivity contribution < 1.29 is 13.5 Å². The van der Waals surface area contributed by atoms with Gasteiger partial charge in [-0.1, -0.05) is 19.8 Å². The Morgan fingerprint density at radius 1 is 1.21 bits per heavy atom. The van der Waals surface area contributed by atoms with Crippen LogP contribution in [0.4, 0.5) is 0 Å². The molecule has 6 heteroatoms. The third kappa shape index (κ3) is 3.29. The molecule has 19 heavy (non-hydrogen) atoms. The number of piperidine rings is 1. The lowest BCUT2D eigenvalue weighted by molar-refractivity contribution is 0.149. The summed E-state index contributed by atoms with van der Waals surface area (Å²) in [6, 6.07) is -0.219. The predicted molar refractivity (Wildman–Crippen MR) is 74.9 cm³/mol. The minimum Gasteiger partial charge on any atom is -0.395 e. The van der Waals surface area contributed by atoms with Gasteiger partial charge < -0.3 is 5.11 Å². The Morgan fingerprint density at radius 2 is 2.00 bits per heavy atom. The Balaban J connectivity index is 2.05. The number of rotatable bonds is 5. The fraction of sp³-hybridized carbons (Fsp3) is 1.00. The summed E-state index contributed by atoms with van der Waals surface area (Å²) in [5.41, 5.74) is 0. The van der Waals surface area contributed by atoms with Gasteiger partial charge in [0, 0.05) is 25.7 Å². The Bertz CT molecular complexity index is 385. The highest BCUT2D eigenvalue weighted by molar-refractivity contribution is 7.86. The molecule has 2 atom stereocenters. The van der Waals surface area contributed by atoms with E-state index in [1.165, 1.54) is 4.31 Å². The van der Waals surface area contributed by atoms with Crippen LogP contribution in [0, 0.1) is 5.92 Å². The molecule has 0 radical (unpaired) electrons. The van der Waals surface area contributed by atoms with Crippen LogP contribution < -0.4 is 0 Å². The molecule has 2 heterocycles. The van der Waals surface area contributed by atoms with Gasteiger partial charge in [-0.2, -0.15) is 17.0 Å². The van der Waals surface area contributed by atoms with E-state index in [0.29, 0.717) is 25.6 Å². The second kappa shape index (κ2) is 6.52. The topological polar surface area (TPSA) is 60.9 Å². The molecular formula is C13H26N2O3S. The fourth-order valence-electron chi connectivity index (χ4n) is 3.26. The Kier molecular flexibility index (Phi) is 5.22. The zero-order chi connectivity index (χ0) is 13.9. The number of nitrogens with zero attached hydrogens (tertiary/aromatic N) is 2. The summed E-state index contributed by atoms with van der Waals surface area (Å²) >= 11 is 0. The molecule has 0 bridgehead atoms. The summed E-state index contributed by atoms with van der Waals surface area (Å²) in [6.07, 6.45) is 5.89. The normalized spacial score (nSPS) is 30.8. The smallest absolute Gasteiger partial charge is 0.282 e. The van der Waals surface area contributed by atoms with Gasteiger partial charge in [0.25, 0.3) is 10.2 Å². The monoisotopic (exact) mass is 290 g/mol. The van der Waals surface area contributed by atoms with Crippen molar-refractivity contribution in [3.63, 3.8) is 0 Å². The lowest BCUT2D eigenvalue weighted by atomic mass is 10.0. The van der Waals surface area contributed by atoms with E-state index in [1.807, 2.05) is 0 Å². The van der Waals surface area contributed by atoms with Gasteiger partial charge in [0.1, 0.15) is 0 Å². The molecule has 1 N–H and O–H groups in total. The van der Waals surface area contributed by atoms with Crippen molar-refractivity contribution in [1.82, 2.24) is 8.61 Å². The van der Waals surface area contributed by atoms with Gasteiger partial charge in [-0.15, -0.1) is 0 Å². The van der Waals surface area contributed by atoms with E-state index < -0.39 is 10.2 Å². The predicted octanol–water partition coefficient (Wildman–Crippen LogP) is 1.20. The van der Waals surface area contributed by atoms with E-state index in [0.717, 1.165) is 38.5 Å². The molecule has 2 rings (SSSR count). The number of aliphatic hydroxyl groups excluding tert-OH is 1. The van der Waals surface area contributed by atoms with Gasteiger partial charge in [-0.05, 0) is 31.6 Å². The van der Waals surface area contributed by atoms with Crippen LogP contribution in [0.3, 0.4) is 0 Å². The molecule has 0 aromatic heterocycles. The number of hydrogen-bond acceptors (Lipinski definition) is 3. The average molecular weight is 290 g/mol. The number of aliphatic hydroxyl groups is 1. The second-order valence-electron chi connectivity index (χ2n) is 5.75. The first-order valence-electron chi connectivity index (χ1n) is 7.47. The molecule has 0 aliphatic carbocycles. The van der Waals surface area contributed by atoms with Crippen molar-refractivity contribution in [2.24, 2.45) is 5.92 Å². The second-order valence-corrected chi connectivity index (χ2v) is 7.63. The van der Waals surface area contributed by atoms with Gasteiger partial charge >= 0.3 is 0 Å². The summed E-state index contributed by atoms with van der Waals surface area (Å²) in [7, 11) is -3.37. The molecule has 0 aromatic rings. The molecule has 2 unspecified atom stereocenters. The van der Waals surface area contributed by atoms with E-state index >= 15 is 0 Å². The standard InChI is InChI=1S/C13H26N2O3S/c1-2-5-12-7-9-14(10-12)19(17,18)15-8-4-3-6-13(15)11-16/h12-13,16H,2-11H2,1H3. The van der Waals surface area contributed by atoms with Crippen LogP contribution in [0.2, 0.25) is 0 Å². The highest BCUT2D eigenvalue weighted by Gasteiger charge is 2.39. The number of hydrogen-bond donors (Lipinski definition) is 1. The maximum absolute atomic E-state index is 12.6. The highest BCUT2D eigenvalue weighted by atomic mass is 32.2. The van der Waals surface area contributed by atoms with Crippen molar-refractivity contribution in [1.29, 1.82) is 0 Å². The first-order valence-corrected chi connectivity index (χ1v) is 8.87. The summed E-state index contributed by atoms with van der Waals surface area (Å²) in [5, 5.41) is 9.38. The van der Waals surface area contributed by atoms with Gasteiger partial charge in [-0.3, -0.25) is 0 Å². The first kappa shape index (κ1) is 15.2.